The van der Waals surface area contributed by atoms with Gasteiger partial charge in [-0.2, -0.15) is 12.6 Å². The Morgan fingerprint density at radius 1 is 1.29 bits per heavy atom. The molecule has 0 N–H and O–H groups in total. The van der Waals surface area contributed by atoms with E-state index in [1.54, 1.807) is 36.5 Å². The standard InChI is InChI=1S/C11H11NO2S3/c13-17(14,9-4-2-1-3-5-9)8-10(15)11-12-6-7-16-11/h1-7,10,15H,8H2. The molecule has 0 spiro atoms. The molecule has 0 amide bonds. The van der Waals surface area contributed by atoms with Crippen LogP contribution in [0.3, 0.4) is 0 Å². The Kier molecular flexibility index (Phi) is 3.86. The summed E-state index contributed by atoms with van der Waals surface area (Å²) in [6.45, 7) is 0. The number of nitrogens with zero attached hydrogens (tertiary/aromatic N) is 1. The number of thiol groups is 1. The zero-order valence-electron chi connectivity index (χ0n) is 8.85. The van der Waals surface area contributed by atoms with Crippen molar-refractivity contribution in [3.05, 3.63) is 46.9 Å². The largest absolute Gasteiger partial charge is 0.248 e. The molecule has 2 aromatic rings. The van der Waals surface area contributed by atoms with Crippen molar-refractivity contribution in [2.45, 2.75) is 10.1 Å². The van der Waals surface area contributed by atoms with Gasteiger partial charge in [0, 0.05) is 11.6 Å². The lowest BCUT2D eigenvalue weighted by atomic mass is 10.4. The average Bonchev–Trinajstić information content (AvgIpc) is 2.83. The van der Waals surface area contributed by atoms with Crippen molar-refractivity contribution in [1.29, 1.82) is 0 Å². The second kappa shape index (κ2) is 5.20. The Morgan fingerprint density at radius 3 is 2.59 bits per heavy atom. The maximum atomic E-state index is 12.1. The van der Waals surface area contributed by atoms with E-state index >= 15 is 0 Å². The highest BCUT2D eigenvalue weighted by molar-refractivity contribution is 7.92. The molecule has 0 saturated heterocycles. The minimum absolute atomic E-state index is 0.0341. The molecule has 0 saturated carbocycles. The summed E-state index contributed by atoms with van der Waals surface area (Å²) in [4.78, 5) is 4.40. The molecule has 1 unspecified atom stereocenters. The van der Waals surface area contributed by atoms with Gasteiger partial charge in [0.1, 0.15) is 5.01 Å². The minimum atomic E-state index is -3.30. The molecule has 90 valence electrons. The van der Waals surface area contributed by atoms with Crippen molar-refractivity contribution in [2.75, 3.05) is 5.75 Å². The summed E-state index contributed by atoms with van der Waals surface area (Å²) < 4.78 is 24.1. The van der Waals surface area contributed by atoms with E-state index in [-0.39, 0.29) is 11.0 Å². The molecule has 0 aliphatic carbocycles. The molecule has 1 atom stereocenters. The summed E-state index contributed by atoms with van der Waals surface area (Å²) in [5, 5.41) is 2.17. The van der Waals surface area contributed by atoms with Gasteiger partial charge in [-0.3, -0.25) is 0 Å². The van der Waals surface area contributed by atoms with E-state index in [0.717, 1.165) is 5.01 Å². The van der Waals surface area contributed by atoms with Gasteiger partial charge in [0.25, 0.3) is 0 Å². The first-order valence-electron chi connectivity index (χ1n) is 4.95. The molecule has 0 aliphatic heterocycles. The van der Waals surface area contributed by atoms with Crippen molar-refractivity contribution in [2.24, 2.45) is 0 Å². The van der Waals surface area contributed by atoms with Crippen LogP contribution < -0.4 is 0 Å². The van der Waals surface area contributed by atoms with Crippen LogP contribution in [-0.2, 0) is 9.84 Å². The Balaban J connectivity index is 2.19. The Labute approximate surface area is 110 Å². The van der Waals surface area contributed by atoms with Gasteiger partial charge in [0.15, 0.2) is 9.84 Å². The third kappa shape index (κ3) is 3.08. The van der Waals surface area contributed by atoms with E-state index < -0.39 is 9.84 Å². The average molecular weight is 285 g/mol. The lowest BCUT2D eigenvalue weighted by molar-refractivity contribution is 0.595. The van der Waals surface area contributed by atoms with Crippen LogP contribution in [0.15, 0.2) is 46.8 Å². The highest BCUT2D eigenvalue weighted by Crippen LogP contribution is 2.26. The molecule has 2 rings (SSSR count). The van der Waals surface area contributed by atoms with Gasteiger partial charge < -0.3 is 0 Å². The van der Waals surface area contributed by atoms with Crippen molar-refractivity contribution in [3.63, 3.8) is 0 Å². The highest BCUT2D eigenvalue weighted by atomic mass is 32.2. The van der Waals surface area contributed by atoms with Crippen LogP contribution in [-0.4, -0.2) is 19.2 Å². The number of benzene rings is 1. The number of thiazole rings is 1. The summed E-state index contributed by atoms with van der Waals surface area (Å²) in [6.07, 6.45) is 1.65. The van der Waals surface area contributed by atoms with Crippen LogP contribution in [0.1, 0.15) is 10.3 Å². The molecular weight excluding hydrogens is 274 g/mol. The van der Waals surface area contributed by atoms with Crippen LogP contribution in [0.25, 0.3) is 0 Å². The van der Waals surface area contributed by atoms with Crippen molar-refractivity contribution in [3.8, 4) is 0 Å². The fraction of sp³-hybridized carbons (Fsp3) is 0.182. The number of hydrogen-bond donors (Lipinski definition) is 1. The fourth-order valence-electron chi connectivity index (χ4n) is 1.40. The van der Waals surface area contributed by atoms with E-state index in [1.165, 1.54) is 11.3 Å². The lowest BCUT2D eigenvalue weighted by Crippen LogP contribution is -2.11. The smallest absolute Gasteiger partial charge is 0.179 e. The molecular formula is C11H11NO2S3. The third-order valence-corrected chi connectivity index (χ3v) is 5.72. The zero-order valence-corrected chi connectivity index (χ0v) is 11.4. The summed E-state index contributed by atoms with van der Waals surface area (Å²) in [7, 11) is -3.30. The van der Waals surface area contributed by atoms with Gasteiger partial charge in [-0.1, -0.05) is 18.2 Å². The summed E-state index contributed by atoms with van der Waals surface area (Å²) in [5.41, 5.74) is 0. The van der Waals surface area contributed by atoms with E-state index in [9.17, 15) is 8.42 Å². The van der Waals surface area contributed by atoms with Gasteiger partial charge >= 0.3 is 0 Å². The topological polar surface area (TPSA) is 47.0 Å². The van der Waals surface area contributed by atoms with Crippen LogP contribution >= 0.6 is 24.0 Å². The van der Waals surface area contributed by atoms with Crippen LogP contribution in [0, 0.1) is 0 Å². The van der Waals surface area contributed by atoms with Crippen LogP contribution in [0.4, 0.5) is 0 Å². The second-order valence-corrected chi connectivity index (χ2v) is 7.06. The SMILES string of the molecule is O=S(=O)(CC(S)c1nccs1)c1ccccc1. The summed E-state index contributed by atoms with van der Waals surface area (Å²) in [6, 6.07) is 8.40. The molecule has 1 heterocycles. The van der Waals surface area contributed by atoms with E-state index in [0.29, 0.717) is 4.90 Å². The maximum absolute atomic E-state index is 12.1. The molecule has 0 radical (unpaired) electrons. The van der Waals surface area contributed by atoms with Gasteiger partial charge in [0.05, 0.1) is 15.9 Å². The molecule has 0 fully saturated rings. The molecule has 17 heavy (non-hydrogen) atoms. The number of sulfone groups is 1. The van der Waals surface area contributed by atoms with Crippen molar-refractivity contribution >= 4 is 33.8 Å². The summed E-state index contributed by atoms with van der Waals surface area (Å²) in [5.74, 6) is -0.0341. The first-order chi connectivity index (χ1) is 8.09. The zero-order chi connectivity index (χ0) is 12.3. The molecule has 6 heteroatoms. The first-order valence-corrected chi connectivity index (χ1v) is 8.00. The normalized spacial score (nSPS) is 13.5. The number of aromatic nitrogens is 1. The minimum Gasteiger partial charge on any atom is -0.248 e. The summed E-state index contributed by atoms with van der Waals surface area (Å²) >= 11 is 5.71. The Morgan fingerprint density at radius 2 is 2.00 bits per heavy atom. The lowest BCUT2D eigenvalue weighted by Gasteiger charge is -2.08. The second-order valence-electron chi connectivity index (χ2n) is 3.48. The Hall–Kier alpha value is -0.850. The highest BCUT2D eigenvalue weighted by Gasteiger charge is 2.21. The van der Waals surface area contributed by atoms with Gasteiger partial charge in [-0.25, -0.2) is 13.4 Å². The van der Waals surface area contributed by atoms with Crippen molar-refractivity contribution in [1.82, 2.24) is 4.98 Å². The third-order valence-electron chi connectivity index (χ3n) is 2.22. The number of rotatable bonds is 4. The van der Waals surface area contributed by atoms with E-state index in [1.807, 2.05) is 5.38 Å². The maximum Gasteiger partial charge on any atom is 0.179 e. The first kappa shape index (κ1) is 12.6. The predicted octanol–water partition coefficient (Wildman–Crippen LogP) is 2.59. The molecule has 1 aromatic carbocycles. The van der Waals surface area contributed by atoms with Crippen molar-refractivity contribution < 1.29 is 8.42 Å². The predicted molar refractivity (Wildman–Crippen MR) is 72.3 cm³/mol. The van der Waals surface area contributed by atoms with Gasteiger partial charge in [0.2, 0.25) is 0 Å². The molecule has 0 bridgehead atoms. The van der Waals surface area contributed by atoms with E-state index in [4.69, 9.17) is 0 Å². The van der Waals surface area contributed by atoms with Gasteiger partial charge in [-0.05, 0) is 12.1 Å². The quantitative estimate of drug-likeness (QED) is 0.878. The molecule has 0 aliphatic rings. The van der Waals surface area contributed by atoms with E-state index in [2.05, 4.69) is 17.6 Å². The molecule has 3 nitrogen and oxygen atoms in total. The van der Waals surface area contributed by atoms with Crippen LogP contribution in [0.2, 0.25) is 0 Å². The van der Waals surface area contributed by atoms with Gasteiger partial charge in [-0.15, -0.1) is 11.3 Å². The fourth-order valence-corrected chi connectivity index (χ4v) is 4.31. The Bertz CT molecular complexity index is 564. The number of hydrogen-bond acceptors (Lipinski definition) is 5. The van der Waals surface area contributed by atoms with Crippen LogP contribution in [0.5, 0.6) is 0 Å². The molecule has 1 aromatic heterocycles. The monoisotopic (exact) mass is 285 g/mol.